The Bertz CT molecular complexity index is 366. The van der Waals surface area contributed by atoms with Gasteiger partial charge in [-0.1, -0.05) is 23.7 Å². The molecule has 0 unspecified atom stereocenters. The van der Waals surface area contributed by atoms with E-state index in [9.17, 15) is 4.79 Å². The van der Waals surface area contributed by atoms with Crippen LogP contribution >= 0.6 is 11.6 Å². The Labute approximate surface area is 91.3 Å². The van der Waals surface area contributed by atoms with Crippen LogP contribution in [0.3, 0.4) is 0 Å². The lowest BCUT2D eigenvalue weighted by molar-refractivity contribution is 0.0947. The molecule has 0 spiro atoms. The largest absolute Gasteiger partial charge is 0.559 e. The highest BCUT2D eigenvalue weighted by atomic mass is 35.5. The molecule has 1 aromatic rings. The number of benzene rings is 1. The molecule has 0 saturated carbocycles. The molecule has 0 atom stereocenters. The maximum absolute atomic E-state index is 11.4. The number of nitrogens with one attached hydrogen (secondary N) is 1. The van der Waals surface area contributed by atoms with Crippen LogP contribution in [-0.2, 0) is 0 Å². The van der Waals surface area contributed by atoms with E-state index in [0.29, 0.717) is 0 Å². The van der Waals surface area contributed by atoms with Gasteiger partial charge < -0.3 is 20.4 Å². The molecule has 0 aliphatic rings. The van der Waals surface area contributed by atoms with E-state index in [-0.39, 0.29) is 10.6 Å². The standard InChI is InChI=1S/C8H10BClNO4/c10-7-4-2-1-3-6(7)8(12)11-5-9(13,14)15/h1-4,13-15H,5H2,(H,11,12)/q-1. The number of rotatable bonds is 3. The first-order valence-corrected chi connectivity index (χ1v) is 4.63. The van der Waals surface area contributed by atoms with Crippen LogP contribution in [0.1, 0.15) is 10.4 Å². The third kappa shape index (κ3) is 3.89. The molecule has 4 N–H and O–H groups in total. The van der Waals surface area contributed by atoms with Crippen LogP contribution < -0.4 is 5.32 Å². The van der Waals surface area contributed by atoms with Gasteiger partial charge in [0.1, 0.15) is 0 Å². The predicted molar refractivity (Wildman–Crippen MR) is 56.2 cm³/mol. The Hall–Kier alpha value is -1.08. The summed E-state index contributed by atoms with van der Waals surface area (Å²) in [4.78, 5) is 11.4. The topological polar surface area (TPSA) is 89.8 Å². The highest BCUT2D eigenvalue weighted by Crippen LogP contribution is 2.14. The lowest BCUT2D eigenvalue weighted by Crippen LogP contribution is -2.48. The molecular weight excluding hydrogens is 220 g/mol. The molecule has 5 nitrogen and oxygen atoms in total. The Morgan fingerprint density at radius 3 is 2.47 bits per heavy atom. The molecule has 0 bridgehead atoms. The van der Waals surface area contributed by atoms with Crippen molar-refractivity contribution >= 4 is 24.3 Å². The van der Waals surface area contributed by atoms with Crippen LogP contribution in [0.2, 0.25) is 5.02 Å². The number of hydrogen-bond donors (Lipinski definition) is 4. The predicted octanol–water partition coefficient (Wildman–Crippen LogP) is -0.475. The van der Waals surface area contributed by atoms with E-state index in [1.807, 2.05) is 0 Å². The first-order valence-electron chi connectivity index (χ1n) is 4.26. The normalized spacial score (nSPS) is 11.2. The smallest absolute Gasteiger partial charge is 0.390 e. The van der Waals surface area contributed by atoms with E-state index >= 15 is 0 Å². The summed E-state index contributed by atoms with van der Waals surface area (Å²) in [5, 5.41) is 28.2. The maximum Gasteiger partial charge on any atom is 0.390 e. The van der Waals surface area contributed by atoms with Gasteiger partial charge in [-0.05, 0) is 18.6 Å². The molecule has 0 heterocycles. The molecular formula is C8H10BClNO4-. The summed E-state index contributed by atoms with van der Waals surface area (Å²) in [5.41, 5.74) is 0.208. The summed E-state index contributed by atoms with van der Waals surface area (Å²) in [5.74, 6) is -0.580. The second-order valence-corrected chi connectivity index (χ2v) is 3.49. The lowest BCUT2D eigenvalue weighted by Gasteiger charge is -2.20. The number of hydrogen-bond acceptors (Lipinski definition) is 4. The van der Waals surface area contributed by atoms with E-state index < -0.39 is 19.1 Å². The molecule has 0 aliphatic heterocycles. The molecule has 1 aromatic carbocycles. The van der Waals surface area contributed by atoms with Gasteiger partial charge in [0.25, 0.3) is 0 Å². The third-order valence-corrected chi connectivity index (χ3v) is 1.98. The first kappa shape index (κ1) is 12.0. The third-order valence-electron chi connectivity index (χ3n) is 1.65. The highest BCUT2D eigenvalue weighted by Gasteiger charge is 2.17. The molecule has 7 heteroatoms. The van der Waals surface area contributed by atoms with Gasteiger partial charge in [-0.25, -0.2) is 0 Å². The van der Waals surface area contributed by atoms with Gasteiger partial charge in [-0.15, -0.1) is 0 Å². The van der Waals surface area contributed by atoms with Crippen LogP contribution in [-0.4, -0.2) is 34.2 Å². The van der Waals surface area contributed by atoms with Crippen molar-refractivity contribution < 1.29 is 19.9 Å². The van der Waals surface area contributed by atoms with Crippen LogP contribution in [0, 0.1) is 0 Å². The molecule has 0 aromatic heterocycles. The van der Waals surface area contributed by atoms with E-state index in [1.165, 1.54) is 12.1 Å². The zero-order valence-corrected chi connectivity index (χ0v) is 8.48. The Kier molecular flexibility index (Phi) is 3.70. The summed E-state index contributed by atoms with van der Waals surface area (Å²) in [6.07, 6.45) is -0.635. The SMILES string of the molecule is O=C(NC[B-](O)(O)O)c1ccccc1Cl. The second-order valence-electron chi connectivity index (χ2n) is 3.08. The fourth-order valence-corrected chi connectivity index (χ4v) is 1.19. The fraction of sp³-hybridized carbons (Fsp3) is 0.125. The molecule has 82 valence electrons. The Morgan fingerprint density at radius 1 is 1.33 bits per heavy atom. The van der Waals surface area contributed by atoms with Crippen molar-refractivity contribution in [2.45, 2.75) is 0 Å². The number of carbonyl (C=O) groups is 1. The van der Waals surface area contributed by atoms with Crippen molar-refractivity contribution in [2.24, 2.45) is 0 Å². The Morgan fingerprint density at radius 2 is 1.93 bits per heavy atom. The van der Waals surface area contributed by atoms with Crippen LogP contribution in [0.25, 0.3) is 0 Å². The summed E-state index contributed by atoms with van der Waals surface area (Å²) in [7, 11) is 0. The van der Waals surface area contributed by atoms with Crippen molar-refractivity contribution in [3.05, 3.63) is 34.9 Å². The minimum atomic E-state index is -3.52. The van der Waals surface area contributed by atoms with Gasteiger partial charge in [-0.2, -0.15) is 0 Å². The van der Waals surface area contributed by atoms with E-state index in [4.69, 9.17) is 26.7 Å². The van der Waals surface area contributed by atoms with E-state index in [2.05, 4.69) is 5.32 Å². The zero-order valence-electron chi connectivity index (χ0n) is 7.72. The molecule has 0 radical (unpaired) electrons. The first-order chi connectivity index (χ1) is 6.90. The molecule has 1 amide bonds. The molecule has 1 rings (SSSR count). The van der Waals surface area contributed by atoms with E-state index in [1.54, 1.807) is 12.1 Å². The van der Waals surface area contributed by atoms with Gasteiger partial charge in [0.2, 0.25) is 5.91 Å². The Balaban J connectivity index is 2.66. The molecule has 0 saturated heterocycles. The number of halogens is 1. The highest BCUT2D eigenvalue weighted by molar-refractivity contribution is 6.56. The second kappa shape index (κ2) is 4.63. The monoisotopic (exact) mass is 230 g/mol. The summed E-state index contributed by atoms with van der Waals surface area (Å²) >= 11 is 5.73. The minimum Gasteiger partial charge on any atom is -0.559 e. The van der Waals surface area contributed by atoms with Gasteiger partial charge >= 0.3 is 6.75 Å². The quantitative estimate of drug-likeness (QED) is 0.528. The summed E-state index contributed by atoms with van der Waals surface area (Å²) in [6, 6.07) is 6.30. The fourth-order valence-electron chi connectivity index (χ4n) is 0.970. The summed E-state index contributed by atoms with van der Waals surface area (Å²) in [6.45, 7) is -3.52. The average Bonchev–Trinajstić information content (AvgIpc) is 2.14. The molecule has 15 heavy (non-hydrogen) atoms. The lowest BCUT2D eigenvalue weighted by atomic mass is 9.81. The van der Waals surface area contributed by atoms with Crippen molar-refractivity contribution in [1.29, 1.82) is 0 Å². The summed E-state index contributed by atoms with van der Waals surface area (Å²) < 4.78 is 0. The van der Waals surface area contributed by atoms with Crippen molar-refractivity contribution in [3.63, 3.8) is 0 Å². The van der Waals surface area contributed by atoms with Crippen LogP contribution in [0.15, 0.2) is 24.3 Å². The average molecular weight is 230 g/mol. The molecule has 0 aliphatic carbocycles. The molecule has 0 fully saturated rings. The maximum atomic E-state index is 11.4. The van der Waals surface area contributed by atoms with Crippen molar-refractivity contribution in [3.8, 4) is 0 Å². The van der Waals surface area contributed by atoms with Gasteiger partial charge in [0.15, 0.2) is 0 Å². The number of amides is 1. The number of carbonyl (C=O) groups excluding carboxylic acids is 1. The van der Waals surface area contributed by atoms with Crippen LogP contribution in [0.4, 0.5) is 0 Å². The van der Waals surface area contributed by atoms with Gasteiger partial charge in [0, 0.05) is 0 Å². The van der Waals surface area contributed by atoms with Gasteiger partial charge in [-0.3, -0.25) is 4.79 Å². The van der Waals surface area contributed by atoms with E-state index in [0.717, 1.165) is 0 Å². The van der Waals surface area contributed by atoms with Crippen LogP contribution in [0.5, 0.6) is 0 Å². The zero-order chi connectivity index (χ0) is 11.5. The van der Waals surface area contributed by atoms with Crippen molar-refractivity contribution in [1.82, 2.24) is 5.32 Å². The van der Waals surface area contributed by atoms with Gasteiger partial charge in [0.05, 0.1) is 10.6 Å². The minimum absolute atomic E-state index is 0.208. The van der Waals surface area contributed by atoms with Crippen molar-refractivity contribution in [2.75, 3.05) is 6.44 Å².